The van der Waals surface area contributed by atoms with Crippen LogP contribution >= 0.6 is 0 Å². The predicted octanol–water partition coefficient (Wildman–Crippen LogP) is 3.79. The van der Waals surface area contributed by atoms with Crippen LogP contribution in [0.15, 0.2) is 18.2 Å². The normalized spacial score (nSPS) is 15.3. The first-order valence-electron chi connectivity index (χ1n) is 7.05. The maximum absolute atomic E-state index is 5.73. The number of rotatable bonds is 4. The minimum absolute atomic E-state index is 0.0439. The molecule has 0 aromatic heterocycles. The van der Waals surface area contributed by atoms with Gasteiger partial charge in [-0.2, -0.15) is 0 Å². The molecule has 0 fully saturated rings. The molecule has 2 rings (SSSR count). The van der Waals surface area contributed by atoms with E-state index >= 15 is 0 Å². The van der Waals surface area contributed by atoms with Gasteiger partial charge in [0, 0.05) is 12.2 Å². The van der Waals surface area contributed by atoms with Gasteiger partial charge in [-0.3, -0.25) is 0 Å². The van der Waals surface area contributed by atoms with Crippen molar-refractivity contribution >= 4 is 5.69 Å². The minimum Gasteiger partial charge on any atom is -0.382 e. The number of hydrogen-bond donors (Lipinski definition) is 1. The van der Waals surface area contributed by atoms with Crippen molar-refractivity contribution in [3.63, 3.8) is 0 Å². The molecule has 0 amide bonds. The maximum atomic E-state index is 5.73. The second kappa shape index (κ2) is 5.75. The summed E-state index contributed by atoms with van der Waals surface area (Å²) in [7, 11) is 0. The van der Waals surface area contributed by atoms with Crippen LogP contribution in [0, 0.1) is 0 Å². The molecule has 2 heteroatoms. The molecular formula is C16H25NO. The van der Waals surface area contributed by atoms with Crippen LogP contribution in [0.1, 0.15) is 44.7 Å². The highest BCUT2D eigenvalue weighted by Crippen LogP contribution is 2.27. The molecule has 0 radical (unpaired) electrons. The molecular weight excluding hydrogens is 222 g/mol. The molecule has 1 aromatic rings. The van der Waals surface area contributed by atoms with Gasteiger partial charge in [0.25, 0.3) is 0 Å². The lowest BCUT2D eigenvalue weighted by atomic mass is 9.90. The molecule has 0 saturated carbocycles. The second-order valence-electron chi connectivity index (χ2n) is 6.04. The van der Waals surface area contributed by atoms with Crippen molar-refractivity contribution in [2.45, 2.75) is 52.1 Å². The van der Waals surface area contributed by atoms with Gasteiger partial charge in [-0.15, -0.1) is 0 Å². The highest BCUT2D eigenvalue weighted by atomic mass is 16.5. The van der Waals surface area contributed by atoms with Gasteiger partial charge >= 0.3 is 0 Å². The second-order valence-corrected chi connectivity index (χ2v) is 6.04. The third kappa shape index (κ3) is 3.74. The van der Waals surface area contributed by atoms with Crippen LogP contribution in [0.4, 0.5) is 5.69 Å². The van der Waals surface area contributed by atoms with Crippen molar-refractivity contribution in [3.05, 3.63) is 29.3 Å². The standard InChI is InChI=1S/C16H25NO/c1-16(2,3)18-12-11-17-15-10-6-8-13-7-4-5-9-14(13)15/h6,8,10,17H,4-5,7,9,11-12H2,1-3H3. The van der Waals surface area contributed by atoms with E-state index in [1.165, 1.54) is 42.5 Å². The molecule has 1 aromatic carbocycles. The van der Waals surface area contributed by atoms with E-state index in [0.717, 1.165) is 13.2 Å². The fourth-order valence-corrected chi connectivity index (χ4v) is 2.49. The lowest BCUT2D eigenvalue weighted by molar-refractivity contribution is 0.00333. The van der Waals surface area contributed by atoms with Crippen molar-refractivity contribution in [2.75, 3.05) is 18.5 Å². The molecule has 0 unspecified atom stereocenters. The Morgan fingerprint density at radius 3 is 2.72 bits per heavy atom. The van der Waals surface area contributed by atoms with Crippen LogP contribution in [0.3, 0.4) is 0 Å². The molecule has 2 nitrogen and oxygen atoms in total. The summed E-state index contributed by atoms with van der Waals surface area (Å²) in [5.41, 5.74) is 4.32. The number of hydrogen-bond acceptors (Lipinski definition) is 2. The van der Waals surface area contributed by atoms with Crippen molar-refractivity contribution in [1.29, 1.82) is 0 Å². The van der Waals surface area contributed by atoms with Crippen molar-refractivity contribution in [1.82, 2.24) is 0 Å². The molecule has 1 aliphatic carbocycles. The highest BCUT2D eigenvalue weighted by molar-refractivity contribution is 5.55. The van der Waals surface area contributed by atoms with Gasteiger partial charge in [-0.25, -0.2) is 0 Å². The van der Waals surface area contributed by atoms with E-state index < -0.39 is 0 Å². The zero-order chi connectivity index (χ0) is 13.0. The van der Waals surface area contributed by atoms with Crippen molar-refractivity contribution in [2.24, 2.45) is 0 Å². The summed E-state index contributed by atoms with van der Waals surface area (Å²) < 4.78 is 5.73. The molecule has 100 valence electrons. The third-order valence-electron chi connectivity index (χ3n) is 3.35. The van der Waals surface area contributed by atoms with E-state index in [1.54, 1.807) is 0 Å². The molecule has 1 aliphatic rings. The number of anilines is 1. The molecule has 0 spiro atoms. The summed E-state index contributed by atoms with van der Waals surface area (Å²) in [4.78, 5) is 0. The summed E-state index contributed by atoms with van der Waals surface area (Å²) in [6, 6.07) is 6.63. The first kappa shape index (κ1) is 13.4. The largest absolute Gasteiger partial charge is 0.382 e. The predicted molar refractivity (Wildman–Crippen MR) is 77.3 cm³/mol. The monoisotopic (exact) mass is 247 g/mol. The van der Waals surface area contributed by atoms with Crippen LogP contribution < -0.4 is 5.32 Å². The Morgan fingerprint density at radius 2 is 1.94 bits per heavy atom. The summed E-state index contributed by atoms with van der Waals surface area (Å²) in [6.07, 6.45) is 5.12. The third-order valence-corrected chi connectivity index (χ3v) is 3.35. The Bertz CT molecular complexity index is 393. The number of nitrogens with one attached hydrogen (secondary N) is 1. The number of benzene rings is 1. The first-order chi connectivity index (χ1) is 8.56. The fourth-order valence-electron chi connectivity index (χ4n) is 2.49. The van der Waals surface area contributed by atoms with Crippen LogP contribution in [0.2, 0.25) is 0 Å². The van der Waals surface area contributed by atoms with E-state index in [2.05, 4.69) is 44.3 Å². The molecule has 0 saturated heterocycles. The van der Waals surface area contributed by atoms with Crippen molar-refractivity contribution < 1.29 is 4.74 Å². The zero-order valence-electron chi connectivity index (χ0n) is 11.9. The minimum atomic E-state index is -0.0439. The van der Waals surface area contributed by atoms with E-state index in [1.807, 2.05) is 0 Å². The average molecular weight is 247 g/mol. The Morgan fingerprint density at radius 1 is 1.17 bits per heavy atom. The van der Waals surface area contributed by atoms with E-state index in [-0.39, 0.29) is 5.60 Å². The van der Waals surface area contributed by atoms with E-state index in [4.69, 9.17) is 4.74 Å². The lowest BCUT2D eigenvalue weighted by Crippen LogP contribution is -2.23. The number of aryl methyl sites for hydroxylation is 1. The van der Waals surface area contributed by atoms with Gasteiger partial charge in [0.1, 0.15) is 0 Å². The zero-order valence-corrected chi connectivity index (χ0v) is 11.9. The summed E-state index contributed by atoms with van der Waals surface area (Å²) >= 11 is 0. The van der Waals surface area contributed by atoms with Crippen molar-refractivity contribution in [3.8, 4) is 0 Å². The molecule has 0 bridgehead atoms. The van der Waals surface area contributed by atoms with Gasteiger partial charge in [-0.05, 0) is 63.6 Å². The molecule has 0 atom stereocenters. The Balaban J connectivity index is 1.90. The van der Waals surface area contributed by atoms with Gasteiger partial charge in [-0.1, -0.05) is 12.1 Å². The van der Waals surface area contributed by atoms with Gasteiger partial charge in [0.05, 0.1) is 12.2 Å². The smallest absolute Gasteiger partial charge is 0.0646 e. The fraction of sp³-hybridized carbons (Fsp3) is 0.625. The van der Waals surface area contributed by atoms with Crippen LogP contribution in [-0.2, 0) is 17.6 Å². The summed E-state index contributed by atoms with van der Waals surface area (Å²) in [6.45, 7) is 7.92. The van der Waals surface area contributed by atoms with Crippen LogP contribution in [-0.4, -0.2) is 18.8 Å². The molecule has 0 aliphatic heterocycles. The maximum Gasteiger partial charge on any atom is 0.0646 e. The summed E-state index contributed by atoms with van der Waals surface area (Å²) in [5, 5.41) is 3.52. The van der Waals surface area contributed by atoms with E-state index in [9.17, 15) is 0 Å². The first-order valence-corrected chi connectivity index (χ1v) is 7.05. The molecule has 0 heterocycles. The van der Waals surface area contributed by atoms with Crippen LogP contribution in [0.25, 0.3) is 0 Å². The number of ether oxygens (including phenoxy) is 1. The average Bonchev–Trinajstić information content (AvgIpc) is 2.33. The van der Waals surface area contributed by atoms with Gasteiger partial charge < -0.3 is 10.1 Å². The summed E-state index contributed by atoms with van der Waals surface area (Å²) in [5.74, 6) is 0. The topological polar surface area (TPSA) is 21.3 Å². The number of fused-ring (bicyclic) bond motifs is 1. The molecule has 18 heavy (non-hydrogen) atoms. The Labute approximate surface area is 111 Å². The van der Waals surface area contributed by atoms with Gasteiger partial charge in [0.15, 0.2) is 0 Å². The molecule has 1 N–H and O–H groups in total. The lowest BCUT2D eigenvalue weighted by Gasteiger charge is -2.22. The Hall–Kier alpha value is -1.02. The highest BCUT2D eigenvalue weighted by Gasteiger charge is 2.13. The van der Waals surface area contributed by atoms with Gasteiger partial charge in [0.2, 0.25) is 0 Å². The quantitative estimate of drug-likeness (QED) is 0.817. The van der Waals surface area contributed by atoms with Crippen LogP contribution in [0.5, 0.6) is 0 Å². The van der Waals surface area contributed by atoms with E-state index in [0.29, 0.717) is 0 Å². The SMILES string of the molecule is CC(C)(C)OCCNc1cccc2c1CCCC2. The Kier molecular flexibility index (Phi) is 4.28.